The number of hydrogen-bond acceptors (Lipinski definition) is 4. The minimum atomic E-state index is -0.997. The van der Waals surface area contributed by atoms with E-state index >= 15 is 0 Å². The number of hydrogen-bond donors (Lipinski definition) is 3. The third-order valence-corrected chi connectivity index (χ3v) is 2.69. The van der Waals surface area contributed by atoms with Crippen molar-refractivity contribution in [1.29, 1.82) is 0 Å². The van der Waals surface area contributed by atoms with Gasteiger partial charge in [-0.3, -0.25) is 19.8 Å². The normalized spacial score (nSPS) is 12.0. The fourth-order valence-electron chi connectivity index (χ4n) is 1.43. The van der Waals surface area contributed by atoms with Crippen LogP contribution in [-0.2, 0) is 9.59 Å². The van der Waals surface area contributed by atoms with Gasteiger partial charge in [0.1, 0.15) is 0 Å². The zero-order valence-electron chi connectivity index (χ0n) is 11.7. The summed E-state index contributed by atoms with van der Waals surface area (Å²) in [5, 5.41) is 13.5. The van der Waals surface area contributed by atoms with Gasteiger partial charge in [0.2, 0.25) is 5.91 Å². The van der Waals surface area contributed by atoms with Crippen molar-refractivity contribution in [2.45, 2.75) is 39.7 Å². The summed E-state index contributed by atoms with van der Waals surface area (Å²) in [5.74, 6) is -1.50. The highest BCUT2D eigenvalue weighted by Crippen LogP contribution is 2.02. The topological polar surface area (TPSA) is 98.7 Å². The molecule has 0 aliphatic rings. The molecule has 7 nitrogen and oxygen atoms in total. The fourth-order valence-corrected chi connectivity index (χ4v) is 1.43. The average Bonchev–Trinajstić information content (AvgIpc) is 2.33. The van der Waals surface area contributed by atoms with Gasteiger partial charge in [0.05, 0.1) is 13.1 Å². The monoisotopic (exact) mass is 273 g/mol. The van der Waals surface area contributed by atoms with Gasteiger partial charge in [-0.05, 0) is 19.8 Å². The number of nitrogens with zero attached hydrogens (tertiary/aromatic N) is 1. The fraction of sp³-hybridized carbons (Fsp3) is 0.750. The van der Waals surface area contributed by atoms with Crippen molar-refractivity contribution in [2.24, 2.45) is 0 Å². The molecule has 1 atom stereocenters. The molecule has 0 aromatic heterocycles. The Kier molecular flexibility index (Phi) is 8.52. The highest BCUT2D eigenvalue weighted by molar-refractivity contribution is 5.95. The minimum Gasteiger partial charge on any atom is -0.480 e. The summed E-state index contributed by atoms with van der Waals surface area (Å²) in [5.41, 5.74) is 0. The number of amides is 3. The van der Waals surface area contributed by atoms with Crippen LogP contribution in [0.2, 0.25) is 0 Å². The number of carboxylic acids is 1. The standard InChI is InChI=1S/C12H23N3O4/c1-4-6-13-12(19)14-10(16)7-15(8-11(17)18)9(3)5-2/h9H,4-8H2,1-3H3,(H,17,18)(H2,13,14,16,19). The van der Waals surface area contributed by atoms with Crippen LogP contribution in [0.3, 0.4) is 0 Å². The second-order valence-corrected chi connectivity index (χ2v) is 4.36. The van der Waals surface area contributed by atoms with Crippen molar-refractivity contribution in [3.63, 3.8) is 0 Å². The maximum absolute atomic E-state index is 11.6. The molecule has 0 aliphatic carbocycles. The number of aliphatic carboxylic acids is 1. The summed E-state index contributed by atoms with van der Waals surface area (Å²) in [7, 11) is 0. The Labute approximate surface area is 113 Å². The largest absolute Gasteiger partial charge is 0.480 e. The van der Waals surface area contributed by atoms with Gasteiger partial charge in [-0.15, -0.1) is 0 Å². The minimum absolute atomic E-state index is 0.0412. The Morgan fingerprint density at radius 3 is 2.32 bits per heavy atom. The van der Waals surface area contributed by atoms with E-state index in [-0.39, 0.29) is 19.1 Å². The van der Waals surface area contributed by atoms with Crippen molar-refractivity contribution < 1.29 is 19.5 Å². The molecule has 0 saturated carbocycles. The average molecular weight is 273 g/mol. The molecule has 0 rings (SSSR count). The van der Waals surface area contributed by atoms with E-state index < -0.39 is 17.9 Å². The summed E-state index contributed by atoms with van der Waals surface area (Å²) in [4.78, 5) is 35.1. The van der Waals surface area contributed by atoms with E-state index in [0.29, 0.717) is 6.54 Å². The Morgan fingerprint density at radius 1 is 1.21 bits per heavy atom. The zero-order valence-corrected chi connectivity index (χ0v) is 11.7. The molecule has 0 aromatic carbocycles. The third-order valence-electron chi connectivity index (χ3n) is 2.69. The predicted octanol–water partition coefficient (Wildman–Crippen LogP) is 0.407. The SMILES string of the molecule is CCCNC(=O)NC(=O)CN(CC(=O)O)C(C)CC. The molecule has 110 valence electrons. The molecular weight excluding hydrogens is 250 g/mol. The number of carbonyl (C=O) groups is 3. The maximum atomic E-state index is 11.6. The van der Waals surface area contributed by atoms with E-state index in [9.17, 15) is 14.4 Å². The Bertz CT molecular complexity index is 320. The van der Waals surface area contributed by atoms with Crippen LogP contribution in [0, 0.1) is 0 Å². The van der Waals surface area contributed by atoms with Crippen LogP contribution in [0.25, 0.3) is 0 Å². The number of nitrogens with one attached hydrogen (secondary N) is 2. The molecule has 1 unspecified atom stereocenters. The van der Waals surface area contributed by atoms with Crippen LogP contribution in [-0.4, -0.2) is 53.6 Å². The molecular formula is C12H23N3O4. The molecule has 3 N–H and O–H groups in total. The molecule has 0 spiro atoms. The number of carboxylic acid groups (broad SMARTS) is 1. The predicted molar refractivity (Wildman–Crippen MR) is 70.8 cm³/mol. The molecule has 0 heterocycles. The van der Waals surface area contributed by atoms with Gasteiger partial charge >= 0.3 is 12.0 Å². The first-order valence-corrected chi connectivity index (χ1v) is 6.44. The van der Waals surface area contributed by atoms with Crippen LogP contribution >= 0.6 is 0 Å². The lowest BCUT2D eigenvalue weighted by atomic mass is 10.2. The van der Waals surface area contributed by atoms with Crippen LogP contribution in [0.5, 0.6) is 0 Å². The van der Waals surface area contributed by atoms with Gasteiger partial charge in [-0.1, -0.05) is 13.8 Å². The third kappa shape index (κ3) is 8.15. The van der Waals surface area contributed by atoms with Crippen LogP contribution in [0.4, 0.5) is 4.79 Å². The molecule has 7 heteroatoms. The van der Waals surface area contributed by atoms with Crippen LogP contribution in [0.15, 0.2) is 0 Å². The Balaban J connectivity index is 4.30. The number of carbonyl (C=O) groups excluding carboxylic acids is 2. The van der Waals surface area contributed by atoms with Crippen LogP contribution < -0.4 is 10.6 Å². The molecule has 0 aliphatic heterocycles. The first-order valence-electron chi connectivity index (χ1n) is 6.44. The lowest BCUT2D eigenvalue weighted by Gasteiger charge is -2.25. The Morgan fingerprint density at radius 2 is 1.84 bits per heavy atom. The van der Waals surface area contributed by atoms with Gasteiger partial charge in [0, 0.05) is 12.6 Å². The Hall–Kier alpha value is -1.63. The highest BCUT2D eigenvalue weighted by atomic mass is 16.4. The molecule has 0 bridgehead atoms. The quantitative estimate of drug-likeness (QED) is 0.595. The van der Waals surface area contributed by atoms with Gasteiger partial charge in [0.25, 0.3) is 0 Å². The van der Waals surface area contributed by atoms with E-state index in [1.165, 1.54) is 4.90 Å². The van der Waals surface area contributed by atoms with Crippen molar-refractivity contribution in [1.82, 2.24) is 15.5 Å². The summed E-state index contributed by atoms with van der Waals surface area (Å²) >= 11 is 0. The van der Waals surface area contributed by atoms with E-state index in [4.69, 9.17) is 5.11 Å². The molecule has 19 heavy (non-hydrogen) atoms. The number of imide groups is 1. The van der Waals surface area contributed by atoms with Gasteiger partial charge < -0.3 is 10.4 Å². The van der Waals surface area contributed by atoms with Crippen molar-refractivity contribution >= 4 is 17.9 Å². The summed E-state index contributed by atoms with van der Waals surface area (Å²) in [6.07, 6.45) is 1.50. The van der Waals surface area contributed by atoms with Crippen molar-refractivity contribution in [3.05, 3.63) is 0 Å². The molecule has 0 saturated heterocycles. The van der Waals surface area contributed by atoms with Gasteiger partial charge in [-0.25, -0.2) is 4.79 Å². The smallest absolute Gasteiger partial charge is 0.321 e. The van der Waals surface area contributed by atoms with Gasteiger partial charge in [-0.2, -0.15) is 0 Å². The molecule has 0 fully saturated rings. The van der Waals surface area contributed by atoms with Crippen molar-refractivity contribution in [2.75, 3.05) is 19.6 Å². The van der Waals surface area contributed by atoms with E-state index in [1.807, 2.05) is 20.8 Å². The summed E-state index contributed by atoms with van der Waals surface area (Å²) < 4.78 is 0. The first-order chi connectivity index (χ1) is 8.90. The summed E-state index contributed by atoms with van der Waals surface area (Å²) in [6.45, 7) is 5.81. The zero-order chi connectivity index (χ0) is 14.8. The van der Waals surface area contributed by atoms with E-state index in [2.05, 4.69) is 10.6 Å². The summed E-state index contributed by atoms with van der Waals surface area (Å²) in [6, 6.07) is -0.591. The number of urea groups is 1. The second kappa shape index (κ2) is 9.32. The maximum Gasteiger partial charge on any atom is 0.321 e. The molecule has 0 aromatic rings. The first kappa shape index (κ1) is 17.4. The molecule has 0 radical (unpaired) electrons. The van der Waals surface area contributed by atoms with Crippen molar-refractivity contribution in [3.8, 4) is 0 Å². The van der Waals surface area contributed by atoms with E-state index in [1.54, 1.807) is 0 Å². The number of rotatable bonds is 8. The highest BCUT2D eigenvalue weighted by Gasteiger charge is 2.19. The lowest BCUT2D eigenvalue weighted by molar-refractivity contribution is -0.139. The lowest BCUT2D eigenvalue weighted by Crippen LogP contribution is -2.47. The van der Waals surface area contributed by atoms with Crippen LogP contribution in [0.1, 0.15) is 33.6 Å². The van der Waals surface area contributed by atoms with E-state index in [0.717, 1.165) is 12.8 Å². The van der Waals surface area contributed by atoms with Gasteiger partial charge in [0.15, 0.2) is 0 Å². The second-order valence-electron chi connectivity index (χ2n) is 4.36. The molecule has 3 amide bonds.